The number of hydrogen-bond donors (Lipinski definition) is 2. The molecule has 2 N–H and O–H groups in total. The fourth-order valence-corrected chi connectivity index (χ4v) is 2.51. The number of amides is 2. The predicted octanol–water partition coefficient (Wildman–Crippen LogP) is 3.41. The Bertz CT molecular complexity index is 525. The molecule has 2 amide bonds. The number of rotatable bonds is 2. The van der Waals surface area contributed by atoms with Gasteiger partial charge in [0.05, 0.1) is 11.3 Å². The number of urea groups is 1. The first-order chi connectivity index (χ1) is 9.47. The maximum atomic E-state index is 12.2. The molecule has 1 saturated heterocycles. The highest BCUT2D eigenvalue weighted by molar-refractivity contribution is 9.10. The van der Waals surface area contributed by atoms with E-state index >= 15 is 0 Å². The molecule has 0 aliphatic carbocycles. The predicted molar refractivity (Wildman–Crippen MR) is 80.1 cm³/mol. The van der Waals surface area contributed by atoms with Crippen LogP contribution in [0.1, 0.15) is 30.1 Å². The van der Waals surface area contributed by atoms with Crippen LogP contribution < -0.4 is 5.32 Å². The number of carbonyl (C=O) groups is 2. The van der Waals surface area contributed by atoms with E-state index in [0.29, 0.717) is 16.1 Å². The van der Waals surface area contributed by atoms with Crippen LogP contribution in [0, 0.1) is 5.92 Å². The maximum Gasteiger partial charge on any atom is 0.335 e. The SMILES string of the molecule is CC1CCN(C(=O)Nc2cc(C(=O)O)ccc2Br)CC1. The molecule has 6 heteroatoms. The number of likely N-dealkylation sites (tertiary alicyclic amines) is 1. The van der Waals surface area contributed by atoms with E-state index in [0.717, 1.165) is 25.9 Å². The Morgan fingerprint density at radius 2 is 2.00 bits per heavy atom. The smallest absolute Gasteiger partial charge is 0.335 e. The highest BCUT2D eigenvalue weighted by Crippen LogP contribution is 2.25. The van der Waals surface area contributed by atoms with E-state index in [-0.39, 0.29) is 11.6 Å². The van der Waals surface area contributed by atoms with Crippen LogP contribution in [-0.4, -0.2) is 35.1 Å². The van der Waals surface area contributed by atoms with E-state index in [9.17, 15) is 9.59 Å². The van der Waals surface area contributed by atoms with Gasteiger partial charge in [-0.05, 0) is 52.9 Å². The van der Waals surface area contributed by atoms with Crippen molar-refractivity contribution >= 4 is 33.6 Å². The highest BCUT2D eigenvalue weighted by Gasteiger charge is 2.21. The van der Waals surface area contributed by atoms with Gasteiger partial charge in [0.15, 0.2) is 0 Å². The van der Waals surface area contributed by atoms with Crippen LogP contribution in [-0.2, 0) is 0 Å². The van der Waals surface area contributed by atoms with E-state index in [2.05, 4.69) is 28.2 Å². The zero-order chi connectivity index (χ0) is 14.7. The molecule has 20 heavy (non-hydrogen) atoms. The van der Waals surface area contributed by atoms with Gasteiger partial charge in [0.1, 0.15) is 0 Å². The summed E-state index contributed by atoms with van der Waals surface area (Å²) in [5, 5.41) is 11.7. The summed E-state index contributed by atoms with van der Waals surface area (Å²) in [6.45, 7) is 3.66. The molecule has 1 aromatic carbocycles. The molecule has 1 aromatic rings. The van der Waals surface area contributed by atoms with E-state index in [1.54, 1.807) is 11.0 Å². The van der Waals surface area contributed by atoms with Crippen molar-refractivity contribution in [2.45, 2.75) is 19.8 Å². The van der Waals surface area contributed by atoms with Crippen molar-refractivity contribution in [2.24, 2.45) is 5.92 Å². The van der Waals surface area contributed by atoms with Gasteiger partial charge in [0.25, 0.3) is 0 Å². The van der Waals surface area contributed by atoms with E-state index in [1.165, 1.54) is 12.1 Å². The number of anilines is 1. The molecule has 108 valence electrons. The van der Waals surface area contributed by atoms with Gasteiger partial charge in [-0.25, -0.2) is 9.59 Å². The summed E-state index contributed by atoms with van der Waals surface area (Å²) in [7, 11) is 0. The van der Waals surface area contributed by atoms with Gasteiger partial charge >= 0.3 is 12.0 Å². The van der Waals surface area contributed by atoms with Gasteiger partial charge in [0, 0.05) is 17.6 Å². The van der Waals surface area contributed by atoms with Gasteiger partial charge in [0.2, 0.25) is 0 Å². The number of halogens is 1. The van der Waals surface area contributed by atoms with Gasteiger partial charge in [-0.1, -0.05) is 6.92 Å². The quantitative estimate of drug-likeness (QED) is 0.866. The lowest BCUT2D eigenvalue weighted by atomic mass is 10.00. The normalized spacial score (nSPS) is 16.0. The largest absolute Gasteiger partial charge is 0.478 e. The Hall–Kier alpha value is -1.56. The average Bonchev–Trinajstić information content (AvgIpc) is 2.41. The molecule has 2 rings (SSSR count). The lowest BCUT2D eigenvalue weighted by molar-refractivity contribution is 0.0697. The number of carboxylic acid groups (broad SMARTS) is 1. The molecule has 0 bridgehead atoms. The zero-order valence-electron chi connectivity index (χ0n) is 11.2. The maximum absolute atomic E-state index is 12.2. The Morgan fingerprint density at radius 3 is 2.60 bits per heavy atom. The summed E-state index contributed by atoms with van der Waals surface area (Å²) >= 11 is 3.32. The van der Waals surface area contributed by atoms with Crippen molar-refractivity contribution in [3.05, 3.63) is 28.2 Å². The molecule has 1 aliphatic heterocycles. The van der Waals surface area contributed by atoms with E-state index < -0.39 is 5.97 Å². The number of carboxylic acids is 1. The lowest BCUT2D eigenvalue weighted by Gasteiger charge is -2.30. The van der Waals surface area contributed by atoms with E-state index in [1.807, 2.05) is 0 Å². The molecular weight excluding hydrogens is 324 g/mol. The number of piperidine rings is 1. The molecule has 1 heterocycles. The third-order valence-electron chi connectivity index (χ3n) is 3.53. The first-order valence-electron chi connectivity index (χ1n) is 6.56. The Balaban J connectivity index is 2.07. The first-order valence-corrected chi connectivity index (χ1v) is 7.35. The summed E-state index contributed by atoms with van der Waals surface area (Å²) in [4.78, 5) is 24.9. The standard InChI is InChI=1S/C14H17BrN2O3/c1-9-4-6-17(7-5-9)14(20)16-12-8-10(13(18)19)2-3-11(12)15/h2-3,8-9H,4-7H2,1H3,(H,16,20)(H,18,19). The Kier molecular flexibility index (Phi) is 4.65. The number of benzene rings is 1. The number of carbonyl (C=O) groups excluding carboxylic acids is 1. The summed E-state index contributed by atoms with van der Waals surface area (Å²) < 4.78 is 0.668. The number of nitrogens with zero attached hydrogens (tertiary/aromatic N) is 1. The molecule has 0 atom stereocenters. The van der Waals surface area contributed by atoms with Crippen LogP contribution in [0.4, 0.5) is 10.5 Å². The molecular formula is C14H17BrN2O3. The molecule has 5 nitrogen and oxygen atoms in total. The molecule has 0 spiro atoms. The van der Waals surface area contributed by atoms with Crippen LogP contribution in [0.15, 0.2) is 22.7 Å². The molecule has 1 aliphatic rings. The van der Waals surface area contributed by atoms with Crippen molar-refractivity contribution in [3.8, 4) is 0 Å². The Morgan fingerprint density at radius 1 is 1.35 bits per heavy atom. The first kappa shape index (κ1) is 14.8. The summed E-state index contributed by atoms with van der Waals surface area (Å²) in [5.41, 5.74) is 0.629. The van der Waals surface area contributed by atoms with Crippen LogP contribution in [0.5, 0.6) is 0 Å². The second-order valence-corrected chi connectivity index (χ2v) is 5.95. The van der Waals surface area contributed by atoms with Crippen molar-refractivity contribution in [3.63, 3.8) is 0 Å². The van der Waals surface area contributed by atoms with Gasteiger partial charge in [-0.3, -0.25) is 0 Å². The second-order valence-electron chi connectivity index (χ2n) is 5.10. The monoisotopic (exact) mass is 340 g/mol. The van der Waals surface area contributed by atoms with Crippen molar-refractivity contribution < 1.29 is 14.7 Å². The average molecular weight is 341 g/mol. The number of hydrogen-bond acceptors (Lipinski definition) is 2. The van der Waals surface area contributed by atoms with Gasteiger partial charge in [-0.15, -0.1) is 0 Å². The van der Waals surface area contributed by atoms with Crippen molar-refractivity contribution in [1.29, 1.82) is 0 Å². The third-order valence-corrected chi connectivity index (χ3v) is 4.22. The Labute approximate surface area is 126 Å². The van der Waals surface area contributed by atoms with Crippen LogP contribution in [0.2, 0.25) is 0 Å². The van der Waals surface area contributed by atoms with Crippen molar-refractivity contribution in [1.82, 2.24) is 4.90 Å². The van der Waals surface area contributed by atoms with E-state index in [4.69, 9.17) is 5.11 Å². The minimum atomic E-state index is -1.01. The summed E-state index contributed by atoms with van der Waals surface area (Å²) in [5.74, 6) is -0.360. The lowest BCUT2D eigenvalue weighted by Crippen LogP contribution is -2.40. The summed E-state index contributed by atoms with van der Waals surface area (Å²) in [6, 6.07) is 4.39. The van der Waals surface area contributed by atoms with Crippen LogP contribution in [0.3, 0.4) is 0 Å². The van der Waals surface area contributed by atoms with Crippen LogP contribution in [0.25, 0.3) is 0 Å². The fraction of sp³-hybridized carbons (Fsp3) is 0.429. The zero-order valence-corrected chi connectivity index (χ0v) is 12.8. The number of aromatic carboxylic acids is 1. The van der Waals surface area contributed by atoms with Crippen LogP contribution >= 0.6 is 15.9 Å². The minimum Gasteiger partial charge on any atom is -0.478 e. The summed E-state index contributed by atoms with van der Waals surface area (Å²) in [6.07, 6.45) is 2.01. The fourth-order valence-electron chi connectivity index (χ4n) is 2.16. The minimum absolute atomic E-state index is 0.149. The molecule has 0 radical (unpaired) electrons. The second kappa shape index (κ2) is 6.26. The topological polar surface area (TPSA) is 69.6 Å². The highest BCUT2D eigenvalue weighted by atomic mass is 79.9. The molecule has 0 aromatic heterocycles. The number of nitrogens with one attached hydrogen (secondary N) is 1. The van der Waals surface area contributed by atoms with Gasteiger partial charge < -0.3 is 15.3 Å². The van der Waals surface area contributed by atoms with Gasteiger partial charge in [-0.2, -0.15) is 0 Å². The molecule has 0 unspecified atom stereocenters. The van der Waals surface area contributed by atoms with Crippen molar-refractivity contribution in [2.75, 3.05) is 18.4 Å². The molecule has 0 saturated carbocycles. The third kappa shape index (κ3) is 3.50. The molecule has 1 fully saturated rings.